The van der Waals surface area contributed by atoms with Gasteiger partial charge >= 0.3 is 0 Å². The SMILES string of the molecule is CCN(CCc1ccncc1)C1=C(c2ccc(C)cc2C)C(=O)N(Cc2cccnc2)C1=O. The van der Waals surface area contributed by atoms with Gasteiger partial charge in [0.05, 0.1) is 12.1 Å². The first-order valence-corrected chi connectivity index (χ1v) is 11.2. The molecule has 0 bridgehead atoms. The quantitative estimate of drug-likeness (QED) is 0.497. The van der Waals surface area contributed by atoms with Gasteiger partial charge in [0.15, 0.2) is 0 Å². The summed E-state index contributed by atoms with van der Waals surface area (Å²) < 4.78 is 0. The summed E-state index contributed by atoms with van der Waals surface area (Å²) in [5, 5.41) is 0. The molecule has 2 amide bonds. The summed E-state index contributed by atoms with van der Waals surface area (Å²) in [6, 6.07) is 13.6. The van der Waals surface area contributed by atoms with Gasteiger partial charge in [-0.2, -0.15) is 0 Å². The molecule has 1 aliphatic heterocycles. The molecule has 6 nitrogen and oxygen atoms in total. The Kier molecular flexibility index (Phi) is 6.63. The molecule has 0 aliphatic carbocycles. The van der Waals surface area contributed by atoms with E-state index in [-0.39, 0.29) is 18.4 Å². The lowest BCUT2D eigenvalue weighted by Gasteiger charge is -2.25. The zero-order chi connectivity index (χ0) is 23.4. The van der Waals surface area contributed by atoms with Crippen LogP contribution in [0.2, 0.25) is 0 Å². The average Bonchev–Trinajstić information content (AvgIpc) is 3.06. The van der Waals surface area contributed by atoms with Gasteiger partial charge in [-0.15, -0.1) is 0 Å². The predicted molar refractivity (Wildman–Crippen MR) is 128 cm³/mol. The summed E-state index contributed by atoms with van der Waals surface area (Å²) >= 11 is 0. The maximum absolute atomic E-state index is 13.7. The van der Waals surface area contributed by atoms with Gasteiger partial charge < -0.3 is 4.90 Å². The van der Waals surface area contributed by atoms with Crippen molar-refractivity contribution in [2.45, 2.75) is 33.7 Å². The third-order valence-electron chi connectivity index (χ3n) is 5.98. The highest BCUT2D eigenvalue weighted by atomic mass is 16.2. The molecular formula is C27H28N4O2. The minimum atomic E-state index is -0.256. The van der Waals surface area contributed by atoms with Crippen molar-refractivity contribution in [1.29, 1.82) is 0 Å². The molecule has 0 saturated heterocycles. The molecule has 1 aromatic carbocycles. The zero-order valence-electron chi connectivity index (χ0n) is 19.3. The highest BCUT2D eigenvalue weighted by Gasteiger charge is 2.41. The Morgan fingerprint density at radius 3 is 2.36 bits per heavy atom. The predicted octanol–water partition coefficient (Wildman–Crippen LogP) is 3.94. The summed E-state index contributed by atoms with van der Waals surface area (Å²) in [7, 11) is 0. The lowest BCUT2D eigenvalue weighted by atomic mass is 9.97. The molecule has 1 aliphatic rings. The molecule has 3 heterocycles. The van der Waals surface area contributed by atoms with Crippen LogP contribution in [0, 0.1) is 13.8 Å². The second kappa shape index (κ2) is 9.77. The van der Waals surface area contributed by atoms with Crippen LogP contribution < -0.4 is 0 Å². The van der Waals surface area contributed by atoms with E-state index < -0.39 is 0 Å². The standard InChI is InChI=1S/C27H28N4O2/c1-4-30(15-11-21-9-13-28-14-10-21)25-24(23-8-7-19(2)16-20(23)3)26(32)31(27(25)33)18-22-6-5-12-29-17-22/h5-10,12-14,16-17H,4,11,15,18H2,1-3H3. The molecule has 3 aromatic rings. The molecular weight excluding hydrogens is 412 g/mol. The number of pyridine rings is 2. The normalized spacial score (nSPS) is 13.7. The number of hydrogen-bond acceptors (Lipinski definition) is 5. The van der Waals surface area contributed by atoms with Crippen molar-refractivity contribution in [3.8, 4) is 0 Å². The van der Waals surface area contributed by atoms with E-state index in [2.05, 4.69) is 16.0 Å². The van der Waals surface area contributed by atoms with E-state index in [0.29, 0.717) is 24.4 Å². The van der Waals surface area contributed by atoms with Crippen LogP contribution >= 0.6 is 0 Å². The first kappa shape index (κ1) is 22.4. The first-order valence-electron chi connectivity index (χ1n) is 11.2. The fourth-order valence-electron chi connectivity index (χ4n) is 4.25. The van der Waals surface area contributed by atoms with Crippen LogP contribution in [0.4, 0.5) is 0 Å². The highest BCUT2D eigenvalue weighted by Crippen LogP contribution is 2.34. The van der Waals surface area contributed by atoms with Gasteiger partial charge in [0.2, 0.25) is 0 Å². The second-order valence-corrected chi connectivity index (χ2v) is 8.28. The Hall–Kier alpha value is -3.80. The number of hydrogen-bond donors (Lipinski definition) is 0. The van der Waals surface area contributed by atoms with E-state index in [1.807, 2.05) is 62.1 Å². The van der Waals surface area contributed by atoms with Gasteiger partial charge in [-0.25, -0.2) is 0 Å². The van der Waals surface area contributed by atoms with Crippen LogP contribution in [-0.4, -0.2) is 44.7 Å². The minimum absolute atomic E-state index is 0.200. The Morgan fingerprint density at radius 2 is 1.70 bits per heavy atom. The summed E-state index contributed by atoms with van der Waals surface area (Å²) in [5.41, 5.74) is 5.83. The monoisotopic (exact) mass is 440 g/mol. The fourth-order valence-corrected chi connectivity index (χ4v) is 4.25. The van der Waals surface area contributed by atoms with Crippen molar-refractivity contribution in [2.75, 3.05) is 13.1 Å². The third-order valence-corrected chi connectivity index (χ3v) is 5.98. The largest absolute Gasteiger partial charge is 0.366 e. The van der Waals surface area contributed by atoms with Crippen LogP contribution in [-0.2, 0) is 22.6 Å². The highest BCUT2D eigenvalue weighted by molar-refractivity contribution is 6.35. The number of amides is 2. The van der Waals surface area contributed by atoms with Gasteiger partial charge in [0.25, 0.3) is 11.8 Å². The topological polar surface area (TPSA) is 66.4 Å². The molecule has 2 aromatic heterocycles. The van der Waals surface area contributed by atoms with Crippen molar-refractivity contribution in [2.24, 2.45) is 0 Å². The molecule has 168 valence electrons. The van der Waals surface area contributed by atoms with E-state index >= 15 is 0 Å². The molecule has 0 N–H and O–H groups in total. The lowest BCUT2D eigenvalue weighted by Crippen LogP contribution is -2.35. The van der Waals surface area contributed by atoms with Crippen LogP contribution in [0.3, 0.4) is 0 Å². The van der Waals surface area contributed by atoms with Crippen molar-refractivity contribution >= 4 is 17.4 Å². The number of nitrogens with zero attached hydrogens (tertiary/aromatic N) is 4. The number of aryl methyl sites for hydroxylation is 2. The Morgan fingerprint density at radius 1 is 0.909 bits per heavy atom. The Balaban J connectivity index is 1.73. The smallest absolute Gasteiger partial charge is 0.278 e. The Labute approximate surface area is 194 Å². The van der Waals surface area contributed by atoms with Gasteiger partial charge in [-0.05, 0) is 67.6 Å². The number of carbonyl (C=O) groups is 2. The van der Waals surface area contributed by atoms with Gasteiger partial charge in [-0.3, -0.25) is 24.5 Å². The zero-order valence-corrected chi connectivity index (χ0v) is 19.3. The number of aromatic nitrogens is 2. The van der Waals surface area contributed by atoms with Gasteiger partial charge in [0, 0.05) is 37.9 Å². The van der Waals surface area contributed by atoms with E-state index in [9.17, 15) is 9.59 Å². The van der Waals surface area contributed by atoms with Crippen molar-refractivity contribution in [1.82, 2.24) is 19.8 Å². The fraction of sp³-hybridized carbons (Fsp3) is 0.259. The molecule has 0 atom stereocenters. The van der Waals surface area contributed by atoms with Crippen molar-refractivity contribution in [3.63, 3.8) is 0 Å². The van der Waals surface area contributed by atoms with E-state index in [4.69, 9.17) is 0 Å². The van der Waals surface area contributed by atoms with E-state index in [1.165, 1.54) is 4.90 Å². The van der Waals surface area contributed by atoms with E-state index in [1.54, 1.807) is 24.8 Å². The summed E-state index contributed by atoms with van der Waals surface area (Å²) in [6.07, 6.45) is 7.66. The molecule has 0 radical (unpaired) electrons. The van der Waals surface area contributed by atoms with Gasteiger partial charge in [-0.1, -0.05) is 29.8 Å². The second-order valence-electron chi connectivity index (χ2n) is 8.28. The summed E-state index contributed by atoms with van der Waals surface area (Å²) in [5.74, 6) is -0.511. The number of benzene rings is 1. The first-order chi connectivity index (χ1) is 16.0. The molecule has 0 fully saturated rings. The maximum atomic E-state index is 13.7. The number of likely N-dealkylation sites (N-methyl/N-ethyl adjacent to an activating group) is 1. The minimum Gasteiger partial charge on any atom is -0.366 e. The number of carbonyl (C=O) groups excluding carboxylic acids is 2. The molecule has 0 unspecified atom stereocenters. The third kappa shape index (κ3) is 4.70. The molecule has 4 rings (SSSR count). The Bertz CT molecular complexity index is 1190. The average molecular weight is 441 g/mol. The van der Waals surface area contributed by atoms with Crippen molar-refractivity contribution in [3.05, 3.63) is 101 Å². The van der Waals surface area contributed by atoms with Crippen LogP contribution in [0.5, 0.6) is 0 Å². The van der Waals surface area contributed by atoms with E-state index in [0.717, 1.165) is 34.2 Å². The van der Waals surface area contributed by atoms with Crippen LogP contribution in [0.15, 0.2) is 72.9 Å². The van der Waals surface area contributed by atoms with Crippen LogP contribution in [0.25, 0.3) is 5.57 Å². The molecule has 0 saturated carbocycles. The number of imide groups is 1. The molecule has 6 heteroatoms. The molecule has 33 heavy (non-hydrogen) atoms. The van der Waals surface area contributed by atoms with Crippen molar-refractivity contribution < 1.29 is 9.59 Å². The maximum Gasteiger partial charge on any atom is 0.278 e. The van der Waals surface area contributed by atoms with Crippen LogP contribution in [0.1, 0.15) is 34.7 Å². The lowest BCUT2D eigenvalue weighted by molar-refractivity contribution is -0.138. The molecule has 0 spiro atoms. The van der Waals surface area contributed by atoms with Gasteiger partial charge in [0.1, 0.15) is 5.70 Å². The summed E-state index contributed by atoms with van der Waals surface area (Å²) in [6.45, 7) is 7.47. The number of rotatable bonds is 8. The summed E-state index contributed by atoms with van der Waals surface area (Å²) in [4.78, 5) is 38.9.